The largest absolute Gasteiger partial charge is 0.351 e. The molecule has 1 saturated heterocycles. The molecule has 0 radical (unpaired) electrons. The summed E-state index contributed by atoms with van der Waals surface area (Å²) in [5.41, 5.74) is 0. The highest BCUT2D eigenvalue weighted by Gasteiger charge is 2.26. The minimum absolute atomic E-state index is 0.168. The van der Waals surface area contributed by atoms with Gasteiger partial charge in [0.2, 0.25) is 0 Å². The lowest BCUT2D eigenvalue weighted by Crippen LogP contribution is -2.29. The number of hydrogen-bond acceptors (Lipinski definition) is 4. The molecule has 0 aromatic heterocycles. The highest BCUT2D eigenvalue weighted by atomic mass is 32.2. The van der Waals surface area contributed by atoms with E-state index < -0.39 is 16.4 Å². The third kappa shape index (κ3) is 3.28. The third-order valence-corrected chi connectivity index (χ3v) is 4.09. The molecule has 0 saturated carbocycles. The van der Waals surface area contributed by atoms with Gasteiger partial charge in [-0.1, -0.05) is 25.1 Å². The summed E-state index contributed by atoms with van der Waals surface area (Å²) in [6.45, 7) is 2.62. The smallest absolute Gasteiger partial charge is 0.299 e. The summed E-state index contributed by atoms with van der Waals surface area (Å²) in [6, 6.07) is 8.13. The average Bonchev–Trinajstić information content (AvgIpc) is 2.29. The Labute approximate surface area is 102 Å². The molecule has 2 rings (SSSR count). The molecule has 1 aliphatic heterocycles. The highest BCUT2D eigenvalue weighted by molar-refractivity contribution is 7.86. The fourth-order valence-corrected chi connectivity index (χ4v) is 2.78. The van der Waals surface area contributed by atoms with Gasteiger partial charge in [0, 0.05) is 6.42 Å². The number of rotatable bonds is 3. The van der Waals surface area contributed by atoms with Crippen LogP contribution in [0.15, 0.2) is 35.2 Å². The molecule has 94 valence electrons. The first kappa shape index (κ1) is 12.5. The van der Waals surface area contributed by atoms with Crippen molar-refractivity contribution in [3.63, 3.8) is 0 Å². The Morgan fingerprint density at radius 1 is 1.29 bits per heavy atom. The van der Waals surface area contributed by atoms with E-state index in [2.05, 4.69) is 6.92 Å². The maximum atomic E-state index is 11.9. The first-order valence-corrected chi connectivity index (χ1v) is 7.09. The molecule has 1 aliphatic rings. The van der Waals surface area contributed by atoms with E-state index in [1.165, 1.54) is 12.1 Å². The van der Waals surface area contributed by atoms with E-state index in [0.717, 1.165) is 6.42 Å². The first-order chi connectivity index (χ1) is 8.08. The molecule has 1 heterocycles. The molecule has 1 aromatic carbocycles. The molecular formula is C12H16O4S. The zero-order valence-corrected chi connectivity index (χ0v) is 10.5. The molecule has 5 heteroatoms. The van der Waals surface area contributed by atoms with Gasteiger partial charge in [0.1, 0.15) is 0 Å². The Morgan fingerprint density at radius 2 is 2.00 bits per heavy atom. The van der Waals surface area contributed by atoms with Gasteiger partial charge in [-0.15, -0.1) is 0 Å². The van der Waals surface area contributed by atoms with E-state index >= 15 is 0 Å². The molecule has 0 aliphatic carbocycles. The van der Waals surface area contributed by atoms with Crippen LogP contribution in [0.3, 0.4) is 0 Å². The van der Waals surface area contributed by atoms with Crippen LogP contribution >= 0.6 is 0 Å². The zero-order valence-electron chi connectivity index (χ0n) is 9.70. The van der Waals surface area contributed by atoms with Crippen LogP contribution in [0, 0.1) is 5.92 Å². The van der Waals surface area contributed by atoms with Gasteiger partial charge in [0.25, 0.3) is 10.1 Å². The molecule has 2 atom stereocenters. The summed E-state index contributed by atoms with van der Waals surface area (Å²) in [5.74, 6) is 0.430. The lowest BCUT2D eigenvalue weighted by Gasteiger charge is -2.26. The van der Waals surface area contributed by atoms with Crippen LogP contribution in [0.5, 0.6) is 0 Å². The third-order valence-electron chi connectivity index (χ3n) is 2.78. The number of benzene rings is 1. The van der Waals surface area contributed by atoms with Crippen LogP contribution in [0.25, 0.3) is 0 Å². The highest BCUT2D eigenvalue weighted by Crippen LogP contribution is 2.23. The summed E-state index contributed by atoms with van der Waals surface area (Å²) >= 11 is 0. The fraction of sp³-hybridized carbons (Fsp3) is 0.500. The lowest BCUT2D eigenvalue weighted by molar-refractivity contribution is -0.116. The molecular weight excluding hydrogens is 240 g/mol. The molecule has 1 aromatic rings. The SMILES string of the molecule is CC1CCOC(OS(=O)(=O)c2ccccc2)C1. The predicted octanol–water partition coefficient (Wildman–Crippen LogP) is 2.16. The van der Waals surface area contributed by atoms with Gasteiger partial charge in [-0.25, -0.2) is 4.18 Å². The van der Waals surface area contributed by atoms with Crippen LogP contribution in [-0.4, -0.2) is 21.3 Å². The molecule has 0 bridgehead atoms. The lowest BCUT2D eigenvalue weighted by atomic mass is 10.0. The van der Waals surface area contributed by atoms with Gasteiger partial charge in [0.15, 0.2) is 6.29 Å². The molecule has 0 amide bonds. The van der Waals surface area contributed by atoms with Crippen molar-refractivity contribution in [3.05, 3.63) is 30.3 Å². The van der Waals surface area contributed by atoms with Crippen molar-refractivity contribution in [2.24, 2.45) is 5.92 Å². The van der Waals surface area contributed by atoms with Crippen molar-refractivity contribution in [1.29, 1.82) is 0 Å². The maximum Gasteiger partial charge on any atom is 0.299 e. The van der Waals surface area contributed by atoms with Crippen molar-refractivity contribution in [3.8, 4) is 0 Å². The Bertz CT molecular complexity index is 455. The van der Waals surface area contributed by atoms with Crippen LogP contribution < -0.4 is 0 Å². The van der Waals surface area contributed by atoms with Crippen LogP contribution in [0.2, 0.25) is 0 Å². The normalized spacial score (nSPS) is 25.7. The molecule has 1 fully saturated rings. The molecule has 17 heavy (non-hydrogen) atoms. The topological polar surface area (TPSA) is 52.6 Å². The predicted molar refractivity (Wildman–Crippen MR) is 62.9 cm³/mol. The first-order valence-electron chi connectivity index (χ1n) is 5.68. The molecule has 4 nitrogen and oxygen atoms in total. The molecule has 0 N–H and O–H groups in total. The minimum atomic E-state index is -3.71. The van der Waals surface area contributed by atoms with Crippen molar-refractivity contribution >= 4 is 10.1 Å². The van der Waals surface area contributed by atoms with Gasteiger partial charge in [-0.2, -0.15) is 8.42 Å². The molecule has 0 spiro atoms. The quantitative estimate of drug-likeness (QED) is 0.778. The minimum Gasteiger partial charge on any atom is -0.351 e. The van der Waals surface area contributed by atoms with E-state index in [1.54, 1.807) is 18.2 Å². The summed E-state index contributed by atoms with van der Waals surface area (Å²) in [5, 5.41) is 0. The second-order valence-corrected chi connectivity index (χ2v) is 5.87. The van der Waals surface area contributed by atoms with Crippen LogP contribution in [0.4, 0.5) is 0 Å². The second-order valence-electron chi connectivity index (χ2n) is 4.29. The second kappa shape index (κ2) is 5.16. The van der Waals surface area contributed by atoms with E-state index in [0.29, 0.717) is 18.9 Å². The summed E-state index contributed by atoms with van der Waals surface area (Å²) in [7, 11) is -3.71. The van der Waals surface area contributed by atoms with Crippen LogP contribution in [-0.2, 0) is 19.0 Å². The van der Waals surface area contributed by atoms with Gasteiger partial charge in [-0.3, -0.25) is 0 Å². The van der Waals surface area contributed by atoms with Crippen molar-refractivity contribution in [2.45, 2.75) is 31.0 Å². The van der Waals surface area contributed by atoms with Gasteiger partial charge in [0.05, 0.1) is 11.5 Å². The number of ether oxygens (including phenoxy) is 1. The van der Waals surface area contributed by atoms with E-state index in [1.807, 2.05) is 0 Å². The monoisotopic (exact) mass is 256 g/mol. The van der Waals surface area contributed by atoms with E-state index in [4.69, 9.17) is 8.92 Å². The van der Waals surface area contributed by atoms with Crippen molar-refractivity contribution in [1.82, 2.24) is 0 Å². The summed E-state index contributed by atoms with van der Waals surface area (Å²) in [4.78, 5) is 0.168. The summed E-state index contributed by atoms with van der Waals surface area (Å²) in [6.07, 6.45) is 0.918. The van der Waals surface area contributed by atoms with Crippen molar-refractivity contribution < 1.29 is 17.3 Å². The van der Waals surface area contributed by atoms with Crippen molar-refractivity contribution in [2.75, 3.05) is 6.61 Å². The van der Waals surface area contributed by atoms with E-state index in [9.17, 15) is 8.42 Å². The Balaban J connectivity index is 2.07. The number of hydrogen-bond donors (Lipinski definition) is 0. The maximum absolute atomic E-state index is 11.9. The molecule has 2 unspecified atom stereocenters. The average molecular weight is 256 g/mol. The Morgan fingerprint density at radius 3 is 2.65 bits per heavy atom. The van der Waals surface area contributed by atoms with Gasteiger partial charge >= 0.3 is 0 Å². The van der Waals surface area contributed by atoms with Gasteiger partial charge in [-0.05, 0) is 24.5 Å². The van der Waals surface area contributed by atoms with Gasteiger partial charge < -0.3 is 4.74 Å². The Hall–Kier alpha value is -0.910. The summed E-state index contributed by atoms with van der Waals surface area (Å²) < 4.78 is 34.2. The fourth-order valence-electron chi connectivity index (χ4n) is 1.77. The van der Waals surface area contributed by atoms with Crippen LogP contribution in [0.1, 0.15) is 19.8 Å². The zero-order chi connectivity index (χ0) is 12.3. The van der Waals surface area contributed by atoms with E-state index in [-0.39, 0.29) is 4.90 Å². The Kier molecular flexibility index (Phi) is 3.81. The standard InChI is InChI=1S/C12H16O4S/c1-10-7-8-15-12(9-10)16-17(13,14)11-5-3-2-4-6-11/h2-6,10,12H,7-9H2,1H3.